The van der Waals surface area contributed by atoms with E-state index in [1.165, 1.54) is 32.1 Å². The monoisotopic (exact) mass is 277 g/mol. The van der Waals surface area contributed by atoms with E-state index in [1.54, 1.807) is 0 Å². The Hall–Kier alpha value is -1.42. The SMILES string of the molecule is CNC(COc1ccc2c(c1)OCO2)C1CCCCC1. The molecule has 4 nitrogen and oxygen atoms in total. The van der Waals surface area contributed by atoms with Crippen LogP contribution >= 0.6 is 0 Å². The molecule has 1 saturated carbocycles. The summed E-state index contributed by atoms with van der Waals surface area (Å²) in [6, 6.07) is 6.20. The van der Waals surface area contributed by atoms with Crippen molar-refractivity contribution in [2.75, 3.05) is 20.4 Å². The molecule has 2 aliphatic rings. The Labute approximate surface area is 120 Å². The van der Waals surface area contributed by atoms with Gasteiger partial charge in [-0.3, -0.25) is 0 Å². The summed E-state index contributed by atoms with van der Waals surface area (Å²) >= 11 is 0. The molecule has 0 bridgehead atoms. The maximum atomic E-state index is 5.94. The molecule has 0 spiro atoms. The van der Waals surface area contributed by atoms with Gasteiger partial charge in [0.2, 0.25) is 6.79 Å². The van der Waals surface area contributed by atoms with Crippen LogP contribution in [0.5, 0.6) is 17.2 Å². The molecule has 20 heavy (non-hydrogen) atoms. The van der Waals surface area contributed by atoms with Gasteiger partial charge in [-0.2, -0.15) is 0 Å². The van der Waals surface area contributed by atoms with Crippen molar-refractivity contribution in [1.29, 1.82) is 0 Å². The number of fused-ring (bicyclic) bond motifs is 1. The molecule has 1 aromatic rings. The topological polar surface area (TPSA) is 39.7 Å². The minimum atomic E-state index is 0.306. The lowest BCUT2D eigenvalue weighted by molar-refractivity contribution is 0.173. The van der Waals surface area contributed by atoms with E-state index >= 15 is 0 Å². The molecule has 1 aliphatic carbocycles. The zero-order valence-corrected chi connectivity index (χ0v) is 12.1. The van der Waals surface area contributed by atoms with E-state index in [0.29, 0.717) is 19.4 Å². The average Bonchev–Trinajstić information content (AvgIpc) is 2.96. The molecule has 1 N–H and O–H groups in total. The van der Waals surface area contributed by atoms with Gasteiger partial charge in [-0.15, -0.1) is 0 Å². The Kier molecular flexibility index (Phi) is 4.31. The number of likely N-dealkylation sites (N-methyl/N-ethyl adjacent to an activating group) is 1. The highest BCUT2D eigenvalue weighted by Crippen LogP contribution is 2.35. The smallest absolute Gasteiger partial charge is 0.231 e. The molecule has 4 heteroatoms. The fourth-order valence-corrected chi connectivity index (χ4v) is 3.14. The van der Waals surface area contributed by atoms with Crippen LogP contribution in [0, 0.1) is 5.92 Å². The van der Waals surface area contributed by atoms with Crippen LogP contribution in [0.1, 0.15) is 32.1 Å². The van der Waals surface area contributed by atoms with Crippen molar-refractivity contribution in [3.8, 4) is 17.2 Å². The van der Waals surface area contributed by atoms with E-state index < -0.39 is 0 Å². The van der Waals surface area contributed by atoms with Gasteiger partial charge >= 0.3 is 0 Å². The molecule has 1 heterocycles. The molecule has 1 fully saturated rings. The summed E-state index contributed by atoms with van der Waals surface area (Å²) in [5, 5.41) is 3.41. The summed E-state index contributed by atoms with van der Waals surface area (Å²) in [4.78, 5) is 0. The van der Waals surface area contributed by atoms with E-state index in [1.807, 2.05) is 25.2 Å². The quantitative estimate of drug-likeness (QED) is 0.898. The van der Waals surface area contributed by atoms with Gasteiger partial charge < -0.3 is 19.5 Å². The summed E-state index contributed by atoms with van der Waals surface area (Å²) in [5.74, 6) is 3.17. The Bertz CT molecular complexity index is 443. The molecule has 1 atom stereocenters. The fourth-order valence-electron chi connectivity index (χ4n) is 3.14. The molecular formula is C16H23NO3. The number of benzene rings is 1. The van der Waals surface area contributed by atoms with E-state index in [4.69, 9.17) is 14.2 Å². The number of ether oxygens (including phenoxy) is 3. The van der Waals surface area contributed by atoms with Crippen molar-refractivity contribution in [2.45, 2.75) is 38.1 Å². The third-order valence-electron chi connectivity index (χ3n) is 4.36. The van der Waals surface area contributed by atoms with Crippen molar-refractivity contribution in [3.63, 3.8) is 0 Å². The molecule has 1 unspecified atom stereocenters. The third kappa shape index (κ3) is 3.01. The van der Waals surface area contributed by atoms with Gasteiger partial charge in [0.05, 0.1) is 0 Å². The Morgan fingerprint density at radius 3 is 2.80 bits per heavy atom. The summed E-state index contributed by atoms with van der Waals surface area (Å²) in [6.07, 6.45) is 6.72. The Morgan fingerprint density at radius 1 is 1.20 bits per heavy atom. The first-order valence-corrected chi connectivity index (χ1v) is 7.56. The lowest BCUT2D eigenvalue weighted by Crippen LogP contribution is -2.39. The zero-order valence-electron chi connectivity index (χ0n) is 12.1. The largest absolute Gasteiger partial charge is 0.492 e. The van der Waals surface area contributed by atoms with Gasteiger partial charge in [0.1, 0.15) is 12.4 Å². The van der Waals surface area contributed by atoms with Gasteiger partial charge in [-0.05, 0) is 37.9 Å². The van der Waals surface area contributed by atoms with E-state index in [-0.39, 0.29) is 0 Å². The summed E-state index contributed by atoms with van der Waals surface area (Å²) < 4.78 is 16.6. The van der Waals surface area contributed by atoms with Crippen LogP contribution in [0.3, 0.4) is 0 Å². The highest BCUT2D eigenvalue weighted by atomic mass is 16.7. The standard InChI is InChI=1S/C16H23NO3/c1-17-14(12-5-3-2-4-6-12)10-18-13-7-8-15-16(9-13)20-11-19-15/h7-9,12,14,17H,2-6,10-11H2,1H3. The second-order valence-corrected chi connectivity index (χ2v) is 5.62. The molecule has 1 aliphatic heterocycles. The predicted octanol–water partition coefficient (Wildman–Crippen LogP) is 2.96. The van der Waals surface area contributed by atoms with Crippen LogP contribution in [0.4, 0.5) is 0 Å². The summed E-state index contributed by atoms with van der Waals surface area (Å²) in [5.41, 5.74) is 0. The molecule has 3 rings (SSSR count). The molecule has 0 radical (unpaired) electrons. The van der Waals surface area contributed by atoms with Gasteiger partial charge in [0.25, 0.3) is 0 Å². The van der Waals surface area contributed by atoms with Crippen LogP contribution in [0.25, 0.3) is 0 Å². The van der Waals surface area contributed by atoms with Crippen LogP contribution in [-0.2, 0) is 0 Å². The van der Waals surface area contributed by atoms with Crippen molar-refractivity contribution in [1.82, 2.24) is 5.32 Å². The van der Waals surface area contributed by atoms with Crippen molar-refractivity contribution in [3.05, 3.63) is 18.2 Å². The average molecular weight is 277 g/mol. The maximum Gasteiger partial charge on any atom is 0.231 e. The maximum absolute atomic E-state index is 5.94. The summed E-state index contributed by atoms with van der Waals surface area (Å²) in [6.45, 7) is 1.01. The normalized spacial score (nSPS) is 19.9. The Balaban J connectivity index is 1.57. The highest BCUT2D eigenvalue weighted by Gasteiger charge is 2.23. The van der Waals surface area contributed by atoms with Gasteiger partial charge in [0.15, 0.2) is 11.5 Å². The Morgan fingerprint density at radius 2 is 2.00 bits per heavy atom. The number of rotatable bonds is 5. The van der Waals surface area contributed by atoms with Crippen molar-refractivity contribution in [2.24, 2.45) is 5.92 Å². The van der Waals surface area contributed by atoms with Gasteiger partial charge in [0, 0.05) is 12.1 Å². The minimum Gasteiger partial charge on any atom is -0.492 e. The van der Waals surface area contributed by atoms with Crippen LogP contribution < -0.4 is 19.5 Å². The molecule has 110 valence electrons. The fraction of sp³-hybridized carbons (Fsp3) is 0.625. The second-order valence-electron chi connectivity index (χ2n) is 5.62. The van der Waals surface area contributed by atoms with E-state index in [2.05, 4.69) is 5.32 Å². The molecule has 0 aromatic heterocycles. The molecule has 0 saturated heterocycles. The van der Waals surface area contributed by atoms with Crippen LogP contribution in [0.2, 0.25) is 0 Å². The van der Waals surface area contributed by atoms with E-state index in [9.17, 15) is 0 Å². The third-order valence-corrected chi connectivity index (χ3v) is 4.36. The van der Waals surface area contributed by atoms with Crippen molar-refractivity contribution >= 4 is 0 Å². The number of hydrogen-bond donors (Lipinski definition) is 1. The lowest BCUT2D eigenvalue weighted by atomic mass is 9.84. The predicted molar refractivity (Wildman–Crippen MR) is 77.5 cm³/mol. The van der Waals surface area contributed by atoms with E-state index in [0.717, 1.165) is 23.2 Å². The van der Waals surface area contributed by atoms with Crippen LogP contribution in [-0.4, -0.2) is 26.5 Å². The first kappa shape index (κ1) is 13.6. The zero-order chi connectivity index (χ0) is 13.8. The highest BCUT2D eigenvalue weighted by molar-refractivity contribution is 5.46. The first-order chi connectivity index (χ1) is 9.86. The molecule has 1 aromatic carbocycles. The van der Waals surface area contributed by atoms with Gasteiger partial charge in [-0.25, -0.2) is 0 Å². The second kappa shape index (κ2) is 6.35. The summed E-state index contributed by atoms with van der Waals surface area (Å²) in [7, 11) is 2.03. The molecular weight excluding hydrogens is 254 g/mol. The minimum absolute atomic E-state index is 0.306. The number of hydrogen-bond acceptors (Lipinski definition) is 4. The lowest BCUT2D eigenvalue weighted by Gasteiger charge is -2.29. The number of nitrogens with one attached hydrogen (secondary N) is 1. The first-order valence-electron chi connectivity index (χ1n) is 7.56. The van der Waals surface area contributed by atoms with Gasteiger partial charge in [-0.1, -0.05) is 19.3 Å². The van der Waals surface area contributed by atoms with Crippen LogP contribution in [0.15, 0.2) is 18.2 Å². The van der Waals surface area contributed by atoms with Crippen molar-refractivity contribution < 1.29 is 14.2 Å². The molecule has 0 amide bonds.